The van der Waals surface area contributed by atoms with Crippen LogP contribution in [0.2, 0.25) is 0 Å². The van der Waals surface area contributed by atoms with Crippen LogP contribution < -0.4 is 0 Å². The monoisotopic (exact) mass is 285 g/mol. The molecule has 82 valence electrons. The van der Waals surface area contributed by atoms with E-state index in [1.807, 2.05) is 18.2 Å². The van der Waals surface area contributed by atoms with E-state index in [0.29, 0.717) is 5.82 Å². The summed E-state index contributed by atoms with van der Waals surface area (Å²) in [5.74, 6) is 0.702. The average molecular weight is 286 g/mol. The highest BCUT2D eigenvalue weighted by molar-refractivity contribution is 9.10. The van der Waals surface area contributed by atoms with Gasteiger partial charge in [-0.3, -0.25) is 0 Å². The van der Waals surface area contributed by atoms with Crippen molar-refractivity contribution in [3.63, 3.8) is 0 Å². The maximum absolute atomic E-state index is 4.19. The molecular formula is C13H8BrN3. The van der Waals surface area contributed by atoms with Crippen molar-refractivity contribution in [2.45, 2.75) is 0 Å². The Labute approximate surface area is 107 Å². The van der Waals surface area contributed by atoms with Gasteiger partial charge in [0.2, 0.25) is 0 Å². The molecular weight excluding hydrogens is 278 g/mol. The van der Waals surface area contributed by atoms with Gasteiger partial charge >= 0.3 is 0 Å². The lowest BCUT2D eigenvalue weighted by atomic mass is 10.0. The highest BCUT2D eigenvalue weighted by atomic mass is 79.9. The molecule has 17 heavy (non-hydrogen) atoms. The molecule has 0 fully saturated rings. The summed E-state index contributed by atoms with van der Waals surface area (Å²) in [6.07, 6.45) is 3.03. The Morgan fingerprint density at radius 3 is 2.59 bits per heavy atom. The molecule has 0 bridgehead atoms. The van der Waals surface area contributed by atoms with Crippen LogP contribution in [0.25, 0.3) is 22.2 Å². The van der Waals surface area contributed by atoms with E-state index < -0.39 is 0 Å². The molecule has 0 atom stereocenters. The molecule has 0 saturated heterocycles. The number of nitrogens with zero attached hydrogens (tertiary/aromatic N) is 3. The lowest BCUT2D eigenvalue weighted by molar-refractivity contribution is 1.06. The average Bonchev–Trinajstić information content (AvgIpc) is 2.39. The number of rotatable bonds is 1. The molecule has 0 unspecified atom stereocenters. The maximum atomic E-state index is 4.19. The molecule has 0 N–H and O–H groups in total. The van der Waals surface area contributed by atoms with E-state index in [9.17, 15) is 0 Å². The van der Waals surface area contributed by atoms with Crippen LogP contribution in [0.5, 0.6) is 0 Å². The molecule has 3 rings (SSSR count). The van der Waals surface area contributed by atoms with E-state index in [1.54, 1.807) is 0 Å². The summed E-state index contributed by atoms with van der Waals surface area (Å²) in [6, 6.07) is 12.3. The summed E-state index contributed by atoms with van der Waals surface area (Å²) in [6.45, 7) is 0. The standard InChI is InChI=1S/C13H8BrN3/c14-10-4-5-11-9(6-10)2-1-3-12(11)13-16-7-15-8-17-13/h1-8H. The quantitative estimate of drug-likeness (QED) is 0.687. The third-order valence-corrected chi connectivity index (χ3v) is 3.07. The van der Waals surface area contributed by atoms with E-state index >= 15 is 0 Å². The van der Waals surface area contributed by atoms with Crippen molar-refractivity contribution in [3.05, 3.63) is 53.5 Å². The molecule has 0 aliphatic rings. The van der Waals surface area contributed by atoms with Gasteiger partial charge in [0.05, 0.1) is 0 Å². The Morgan fingerprint density at radius 2 is 1.76 bits per heavy atom. The third-order valence-electron chi connectivity index (χ3n) is 2.58. The van der Waals surface area contributed by atoms with Gasteiger partial charge in [-0.2, -0.15) is 0 Å². The van der Waals surface area contributed by atoms with Crippen molar-refractivity contribution < 1.29 is 0 Å². The summed E-state index contributed by atoms with van der Waals surface area (Å²) < 4.78 is 1.07. The summed E-state index contributed by atoms with van der Waals surface area (Å²) >= 11 is 3.47. The molecule has 0 spiro atoms. The van der Waals surface area contributed by atoms with Gasteiger partial charge in [0.15, 0.2) is 5.82 Å². The molecule has 0 aliphatic heterocycles. The van der Waals surface area contributed by atoms with Crippen molar-refractivity contribution in [1.82, 2.24) is 15.0 Å². The van der Waals surface area contributed by atoms with Crippen LogP contribution in [-0.4, -0.2) is 15.0 Å². The second-order valence-electron chi connectivity index (χ2n) is 3.63. The molecule has 3 aromatic rings. The lowest BCUT2D eigenvalue weighted by Crippen LogP contribution is -1.90. The Bertz CT molecular complexity index is 668. The minimum absolute atomic E-state index is 0.702. The first kappa shape index (κ1) is 10.4. The van der Waals surface area contributed by atoms with E-state index in [2.05, 4.69) is 49.1 Å². The van der Waals surface area contributed by atoms with Gasteiger partial charge in [-0.25, -0.2) is 15.0 Å². The fourth-order valence-electron chi connectivity index (χ4n) is 1.83. The van der Waals surface area contributed by atoms with Crippen LogP contribution in [0, 0.1) is 0 Å². The van der Waals surface area contributed by atoms with E-state index in [4.69, 9.17) is 0 Å². The number of halogens is 1. The molecule has 3 nitrogen and oxygen atoms in total. The zero-order valence-corrected chi connectivity index (χ0v) is 10.4. The summed E-state index contributed by atoms with van der Waals surface area (Å²) in [5, 5.41) is 2.30. The molecule has 0 aliphatic carbocycles. The number of fused-ring (bicyclic) bond motifs is 1. The van der Waals surface area contributed by atoms with Gasteiger partial charge in [-0.15, -0.1) is 0 Å². The highest BCUT2D eigenvalue weighted by Gasteiger charge is 2.05. The van der Waals surface area contributed by atoms with Gasteiger partial charge in [0, 0.05) is 10.0 Å². The first-order valence-corrected chi connectivity index (χ1v) is 5.94. The number of hydrogen-bond acceptors (Lipinski definition) is 3. The minimum Gasteiger partial charge on any atom is -0.225 e. The normalized spacial score (nSPS) is 10.6. The zero-order chi connectivity index (χ0) is 11.7. The van der Waals surface area contributed by atoms with Crippen molar-refractivity contribution in [2.24, 2.45) is 0 Å². The van der Waals surface area contributed by atoms with Gasteiger partial charge in [-0.1, -0.05) is 40.2 Å². The largest absolute Gasteiger partial charge is 0.225 e. The minimum atomic E-state index is 0.702. The molecule has 1 aromatic heterocycles. The zero-order valence-electron chi connectivity index (χ0n) is 8.84. The predicted octanol–water partition coefficient (Wildman–Crippen LogP) is 3.45. The fraction of sp³-hybridized carbons (Fsp3) is 0. The Kier molecular flexibility index (Phi) is 2.57. The molecule has 0 saturated carbocycles. The van der Waals surface area contributed by atoms with Gasteiger partial charge in [-0.05, 0) is 22.9 Å². The SMILES string of the molecule is Brc1ccc2c(-c3ncncn3)cccc2c1. The predicted molar refractivity (Wildman–Crippen MR) is 70.5 cm³/mol. The van der Waals surface area contributed by atoms with Crippen LogP contribution in [-0.2, 0) is 0 Å². The summed E-state index contributed by atoms with van der Waals surface area (Å²) in [5.41, 5.74) is 1.03. The Hall–Kier alpha value is -1.81. The first-order valence-electron chi connectivity index (χ1n) is 5.15. The second kappa shape index (κ2) is 4.22. The van der Waals surface area contributed by atoms with E-state index in [-0.39, 0.29) is 0 Å². The van der Waals surface area contributed by atoms with Gasteiger partial charge < -0.3 is 0 Å². The first-order chi connectivity index (χ1) is 8.34. The van der Waals surface area contributed by atoms with Crippen molar-refractivity contribution in [2.75, 3.05) is 0 Å². The van der Waals surface area contributed by atoms with Crippen molar-refractivity contribution >= 4 is 26.7 Å². The van der Waals surface area contributed by atoms with Gasteiger partial charge in [0.1, 0.15) is 12.7 Å². The Morgan fingerprint density at radius 1 is 0.941 bits per heavy atom. The molecule has 0 radical (unpaired) electrons. The van der Waals surface area contributed by atoms with Crippen LogP contribution in [0.3, 0.4) is 0 Å². The van der Waals surface area contributed by atoms with Crippen LogP contribution in [0.1, 0.15) is 0 Å². The number of aromatic nitrogens is 3. The molecule has 4 heteroatoms. The Balaban J connectivity index is 2.31. The van der Waals surface area contributed by atoms with Crippen LogP contribution in [0.15, 0.2) is 53.5 Å². The topological polar surface area (TPSA) is 38.7 Å². The smallest absolute Gasteiger partial charge is 0.163 e. The van der Waals surface area contributed by atoms with Crippen LogP contribution >= 0.6 is 15.9 Å². The summed E-state index contributed by atoms with van der Waals surface area (Å²) in [7, 11) is 0. The van der Waals surface area contributed by atoms with E-state index in [1.165, 1.54) is 12.7 Å². The summed E-state index contributed by atoms with van der Waals surface area (Å²) in [4.78, 5) is 12.2. The van der Waals surface area contributed by atoms with Crippen LogP contribution in [0.4, 0.5) is 0 Å². The van der Waals surface area contributed by atoms with Crippen molar-refractivity contribution in [1.29, 1.82) is 0 Å². The maximum Gasteiger partial charge on any atom is 0.163 e. The van der Waals surface area contributed by atoms with E-state index in [0.717, 1.165) is 20.8 Å². The lowest BCUT2D eigenvalue weighted by Gasteiger charge is -2.05. The number of hydrogen-bond donors (Lipinski definition) is 0. The molecule has 0 amide bonds. The second-order valence-corrected chi connectivity index (χ2v) is 4.55. The molecule has 1 heterocycles. The fourth-order valence-corrected chi connectivity index (χ4v) is 2.21. The molecule has 2 aromatic carbocycles. The van der Waals surface area contributed by atoms with Gasteiger partial charge in [0.25, 0.3) is 0 Å². The van der Waals surface area contributed by atoms with Crippen molar-refractivity contribution in [3.8, 4) is 11.4 Å². The third kappa shape index (κ3) is 1.91. The highest BCUT2D eigenvalue weighted by Crippen LogP contribution is 2.27. The number of benzene rings is 2.